The van der Waals surface area contributed by atoms with Gasteiger partial charge in [0, 0.05) is 39.2 Å². The van der Waals surface area contributed by atoms with Crippen molar-refractivity contribution >= 4 is 65.0 Å². The van der Waals surface area contributed by atoms with Crippen molar-refractivity contribution in [2.75, 3.05) is 0 Å². The Morgan fingerprint density at radius 1 is 0.377 bits per heavy atom. The van der Waals surface area contributed by atoms with Gasteiger partial charge in [-0.15, -0.1) is 0 Å². The summed E-state index contributed by atoms with van der Waals surface area (Å²) >= 11 is 0. The summed E-state index contributed by atoms with van der Waals surface area (Å²) in [4.78, 5) is 20.0. The molecular weight excluding hydrogens is 649 g/mol. The summed E-state index contributed by atoms with van der Waals surface area (Å²) in [5.74, 6) is 1.79. The Bertz CT molecular complexity index is 3160. The molecule has 0 saturated carbocycles. The molecule has 3 heterocycles. The first-order valence-corrected chi connectivity index (χ1v) is 17.7. The lowest BCUT2D eigenvalue weighted by Crippen LogP contribution is -2.01. The van der Waals surface area contributed by atoms with Crippen LogP contribution in [0, 0.1) is 0 Å². The standard InChI is InChI=1S/C48H28N4O/c1-3-11-31-25-34(19-17-29(31)9-1)46-50-47(35-20-18-30-10-2-4-12-32(30)26-35)52-48(51-46)41-22-21-39(45-44(41)40-23-24-49-28-43(40)53-45)42-27-33-13-5-6-14-36(33)37-15-7-8-16-38(37)42/h1-28H. The van der Waals surface area contributed by atoms with Crippen LogP contribution >= 0.6 is 0 Å². The van der Waals surface area contributed by atoms with Crippen LogP contribution < -0.4 is 0 Å². The van der Waals surface area contributed by atoms with Gasteiger partial charge in [0.2, 0.25) is 0 Å². The topological polar surface area (TPSA) is 64.7 Å². The van der Waals surface area contributed by atoms with Gasteiger partial charge in [-0.2, -0.15) is 0 Å². The number of pyridine rings is 1. The first-order valence-electron chi connectivity index (χ1n) is 17.7. The molecular formula is C48H28N4O. The molecule has 0 atom stereocenters. The predicted molar refractivity (Wildman–Crippen MR) is 217 cm³/mol. The lowest BCUT2D eigenvalue weighted by molar-refractivity contribution is 0.668. The molecule has 246 valence electrons. The number of fused-ring (bicyclic) bond motifs is 8. The van der Waals surface area contributed by atoms with Gasteiger partial charge in [-0.3, -0.25) is 4.98 Å². The Morgan fingerprint density at radius 2 is 0.943 bits per heavy atom. The van der Waals surface area contributed by atoms with Crippen molar-refractivity contribution in [2.45, 2.75) is 0 Å². The van der Waals surface area contributed by atoms with Gasteiger partial charge in [-0.25, -0.2) is 15.0 Å². The molecule has 0 aliphatic heterocycles. The van der Waals surface area contributed by atoms with E-state index in [2.05, 4.69) is 157 Å². The fourth-order valence-corrected chi connectivity index (χ4v) is 7.82. The molecule has 0 N–H and O–H groups in total. The van der Waals surface area contributed by atoms with E-state index in [0.29, 0.717) is 23.1 Å². The monoisotopic (exact) mass is 676 g/mol. The van der Waals surface area contributed by atoms with Crippen molar-refractivity contribution in [3.63, 3.8) is 0 Å². The fourth-order valence-electron chi connectivity index (χ4n) is 7.82. The highest BCUT2D eigenvalue weighted by molar-refractivity contribution is 6.20. The lowest BCUT2D eigenvalue weighted by Gasteiger charge is -2.13. The Kier molecular flexibility index (Phi) is 6.48. The van der Waals surface area contributed by atoms with E-state index in [1.54, 1.807) is 6.20 Å². The molecule has 0 amide bonds. The van der Waals surface area contributed by atoms with Crippen LogP contribution in [0.5, 0.6) is 0 Å². The Morgan fingerprint density at radius 3 is 1.64 bits per heavy atom. The summed E-state index contributed by atoms with van der Waals surface area (Å²) in [5, 5.41) is 11.2. The first-order chi connectivity index (χ1) is 26.2. The Balaban J connectivity index is 1.19. The maximum atomic E-state index is 6.75. The van der Waals surface area contributed by atoms with Crippen LogP contribution in [-0.2, 0) is 0 Å². The Labute approximate surface area is 303 Å². The molecule has 0 radical (unpaired) electrons. The van der Waals surface area contributed by atoms with Gasteiger partial charge < -0.3 is 4.42 Å². The van der Waals surface area contributed by atoms with Crippen LogP contribution in [0.15, 0.2) is 175 Å². The van der Waals surface area contributed by atoms with Gasteiger partial charge >= 0.3 is 0 Å². The first kappa shape index (κ1) is 29.5. The molecule has 0 fully saturated rings. The average Bonchev–Trinajstić information content (AvgIpc) is 3.62. The van der Waals surface area contributed by atoms with Crippen LogP contribution in [0.1, 0.15) is 0 Å². The van der Waals surface area contributed by atoms with Gasteiger partial charge in [0.25, 0.3) is 0 Å². The molecule has 11 aromatic rings. The van der Waals surface area contributed by atoms with Crippen LogP contribution in [-0.4, -0.2) is 19.9 Å². The minimum Gasteiger partial charge on any atom is -0.454 e. The summed E-state index contributed by atoms with van der Waals surface area (Å²) in [6, 6.07) is 55.2. The van der Waals surface area contributed by atoms with Gasteiger partial charge in [-0.05, 0) is 85.1 Å². The third-order valence-electron chi connectivity index (χ3n) is 10.4. The quantitative estimate of drug-likeness (QED) is 0.174. The Hall–Kier alpha value is -7.24. The van der Waals surface area contributed by atoms with Crippen LogP contribution in [0.2, 0.25) is 0 Å². The SMILES string of the molecule is c1ccc2cc(-c3nc(-c4ccc5ccccc5c4)nc(-c4ccc(-c5cc6ccccc6c6ccccc56)c5oc6cnccc6c45)n3)ccc2c1. The summed E-state index contributed by atoms with van der Waals surface area (Å²) in [5.41, 5.74) is 6.29. The molecule has 0 aliphatic rings. The maximum absolute atomic E-state index is 6.75. The number of hydrogen-bond acceptors (Lipinski definition) is 5. The van der Waals surface area contributed by atoms with Crippen molar-refractivity contribution in [2.24, 2.45) is 0 Å². The van der Waals surface area contributed by atoms with Crippen molar-refractivity contribution in [1.29, 1.82) is 0 Å². The van der Waals surface area contributed by atoms with Crippen LogP contribution in [0.3, 0.4) is 0 Å². The zero-order valence-corrected chi connectivity index (χ0v) is 28.4. The van der Waals surface area contributed by atoms with Crippen molar-refractivity contribution < 1.29 is 4.42 Å². The number of nitrogens with zero attached hydrogens (tertiary/aromatic N) is 4. The molecule has 11 rings (SSSR count). The second-order valence-electron chi connectivity index (χ2n) is 13.5. The van der Waals surface area contributed by atoms with E-state index in [9.17, 15) is 0 Å². The number of hydrogen-bond donors (Lipinski definition) is 0. The molecule has 5 heteroatoms. The fraction of sp³-hybridized carbons (Fsp3) is 0. The summed E-state index contributed by atoms with van der Waals surface area (Å²) < 4.78 is 6.75. The molecule has 0 unspecified atom stereocenters. The third-order valence-corrected chi connectivity index (χ3v) is 10.4. The van der Waals surface area contributed by atoms with Gasteiger partial charge in [-0.1, -0.05) is 121 Å². The minimum atomic E-state index is 0.575. The van der Waals surface area contributed by atoms with Crippen LogP contribution in [0.25, 0.3) is 110 Å². The van der Waals surface area contributed by atoms with Crippen molar-refractivity contribution in [3.05, 3.63) is 170 Å². The maximum Gasteiger partial charge on any atom is 0.164 e. The van der Waals surface area contributed by atoms with Gasteiger partial charge in [0.1, 0.15) is 5.58 Å². The van der Waals surface area contributed by atoms with Crippen molar-refractivity contribution in [1.82, 2.24) is 19.9 Å². The highest BCUT2D eigenvalue weighted by Crippen LogP contribution is 2.44. The summed E-state index contributed by atoms with van der Waals surface area (Å²) in [7, 11) is 0. The highest BCUT2D eigenvalue weighted by Gasteiger charge is 2.22. The van der Waals surface area contributed by atoms with E-state index in [1.807, 2.05) is 12.3 Å². The third kappa shape index (κ3) is 4.79. The van der Waals surface area contributed by atoms with E-state index < -0.39 is 0 Å². The van der Waals surface area contributed by atoms with E-state index in [0.717, 1.165) is 71.1 Å². The molecule has 0 spiro atoms. The smallest absolute Gasteiger partial charge is 0.164 e. The molecule has 53 heavy (non-hydrogen) atoms. The van der Waals surface area contributed by atoms with E-state index in [-0.39, 0.29) is 0 Å². The molecule has 5 nitrogen and oxygen atoms in total. The van der Waals surface area contributed by atoms with E-state index in [1.165, 1.54) is 16.2 Å². The number of aromatic nitrogens is 4. The number of furan rings is 1. The van der Waals surface area contributed by atoms with Crippen molar-refractivity contribution in [3.8, 4) is 45.3 Å². The van der Waals surface area contributed by atoms with E-state index in [4.69, 9.17) is 19.4 Å². The molecule has 8 aromatic carbocycles. The number of benzene rings is 8. The average molecular weight is 677 g/mol. The molecule has 3 aromatic heterocycles. The highest BCUT2D eigenvalue weighted by atomic mass is 16.3. The lowest BCUT2D eigenvalue weighted by atomic mass is 9.91. The second-order valence-corrected chi connectivity index (χ2v) is 13.5. The zero-order valence-electron chi connectivity index (χ0n) is 28.4. The molecule has 0 bridgehead atoms. The normalized spacial score (nSPS) is 11.8. The second kappa shape index (κ2) is 11.7. The zero-order chi connectivity index (χ0) is 34.9. The molecule has 0 aliphatic carbocycles. The van der Waals surface area contributed by atoms with E-state index >= 15 is 0 Å². The van der Waals surface area contributed by atoms with Gasteiger partial charge in [0.15, 0.2) is 23.1 Å². The summed E-state index contributed by atoms with van der Waals surface area (Å²) in [6.07, 6.45) is 3.60. The number of rotatable bonds is 4. The summed E-state index contributed by atoms with van der Waals surface area (Å²) in [6.45, 7) is 0. The largest absolute Gasteiger partial charge is 0.454 e. The van der Waals surface area contributed by atoms with Gasteiger partial charge in [0.05, 0.1) is 6.20 Å². The van der Waals surface area contributed by atoms with Crippen LogP contribution in [0.4, 0.5) is 0 Å². The minimum absolute atomic E-state index is 0.575. The molecule has 0 saturated heterocycles. The predicted octanol–water partition coefficient (Wildman–Crippen LogP) is 12.4.